The van der Waals surface area contributed by atoms with E-state index in [0.717, 1.165) is 48.7 Å². The number of ether oxygens (including phenoxy) is 2. The molecule has 5 rings (SSSR count). The zero-order chi connectivity index (χ0) is 41.8. The summed E-state index contributed by atoms with van der Waals surface area (Å²) < 4.78 is 52.8. The maximum Gasteiger partial charge on any atom is 0.418 e. The van der Waals surface area contributed by atoms with Gasteiger partial charge in [-0.1, -0.05) is 49.6 Å². The maximum atomic E-state index is 14.1. The van der Waals surface area contributed by atoms with Crippen LogP contribution in [-0.4, -0.2) is 111 Å². The Hall–Kier alpha value is -5.18. The number of nitrogen functional groups attached to an aromatic ring is 1. The van der Waals surface area contributed by atoms with Crippen LogP contribution in [0.5, 0.6) is 0 Å². The Bertz CT molecular complexity index is 1870. The molecule has 58 heavy (non-hydrogen) atoms. The van der Waals surface area contributed by atoms with E-state index >= 15 is 0 Å². The van der Waals surface area contributed by atoms with Gasteiger partial charge in [0.15, 0.2) is 6.10 Å². The molecule has 2 aliphatic rings. The molecule has 0 bridgehead atoms. The molecule has 2 heterocycles. The molecule has 0 spiro atoms. The number of benzene rings is 3. The first-order valence-electron chi connectivity index (χ1n) is 19.7. The zero-order valence-corrected chi connectivity index (χ0v) is 33.7. The molecule has 0 unspecified atom stereocenters. The summed E-state index contributed by atoms with van der Waals surface area (Å²) in [6, 6.07) is 16.8. The summed E-state index contributed by atoms with van der Waals surface area (Å²) >= 11 is 6.12. The van der Waals surface area contributed by atoms with Gasteiger partial charge in [0, 0.05) is 76.7 Å². The van der Waals surface area contributed by atoms with Crippen molar-refractivity contribution >= 4 is 53.0 Å². The maximum absolute atomic E-state index is 14.1. The predicted octanol–water partition coefficient (Wildman–Crippen LogP) is 6.89. The first-order chi connectivity index (χ1) is 27.8. The highest BCUT2D eigenvalue weighted by atomic mass is 35.5. The summed E-state index contributed by atoms with van der Waals surface area (Å²) in [5.74, 6) is -0.947. The normalized spacial score (nSPS) is 15.4. The third kappa shape index (κ3) is 11.5. The van der Waals surface area contributed by atoms with Gasteiger partial charge < -0.3 is 40.1 Å². The van der Waals surface area contributed by atoms with Gasteiger partial charge in [0.2, 0.25) is 6.41 Å². The molecular weight excluding hydrogens is 777 g/mol. The van der Waals surface area contributed by atoms with E-state index in [-0.39, 0.29) is 49.2 Å². The third-order valence-electron chi connectivity index (χ3n) is 10.7. The lowest BCUT2D eigenvalue weighted by Gasteiger charge is -2.38. The smallest absolute Gasteiger partial charge is 0.418 e. The number of carbonyl (C=O) groups is 4. The van der Waals surface area contributed by atoms with E-state index in [1.54, 1.807) is 17.0 Å². The fourth-order valence-corrected chi connectivity index (χ4v) is 7.59. The minimum absolute atomic E-state index is 0.0282. The molecule has 314 valence electrons. The molecular formula is C42H52ClF3N6O6. The van der Waals surface area contributed by atoms with Crippen molar-refractivity contribution in [1.82, 2.24) is 14.7 Å². The lowest BCUT2D eigenvalue weighted by Crippen LogP contribution is -2.53. The SMILES string of the molecule is CCCCCOC(=O)c1ccc(N2CCN(C(=O)[C@@H](Cc3cc(Cl)c(N)c(C(F)(F)F)c3)OC(=O)N3CCC(N(C=O)CCc4ccccc4NC)CC3)CC2)cc1. The minimum Gasteiger partial charge on any atom is -0.462 e. The molecule has 0 saturated carbocycles. The molecule has 3 aromatic carbocycles. The van der Waals surface area contributed by atoms with E-state index in [0.29, 0.717) is 51.1 Å². The van der Waals surface area contributed by atoms with E-state index in [1.807, 2.05) is 48.3 Å². The Balaban J connectivity index is 1.23. The second-order valence-corrected chi connectivity index (χ2v) is 14.9. The summed E-state index contributed by atoms with van der Waals surface area (Å²) in [4.78, 5) is 59.0. The molecule has 3 amide bonds. The Morgan fingerprint density at radius 1 is 0.983 bits per heavy atom. The third-order valence-corrected chi connectivity index (χ3v) is 11.0. The lowest BCUT2D eigenvalue weighted by molar-refractivity contribution is -0.141. The average Bonchev–Trinajstić information content (AvgIpc) is 3.23. The number of unbranched alkanes of at least 4 members (excludes halogenated alkanes) is 2. The number of piperazine rings is 1. The van der Waals surface area contributed by atoms with Crippen LogP contribution < -0.4 is 16.0 Å². The quantitative estimate of drug-likeness (QED) is 0.0685. The van der Waals surface area contributed by atoms with E-state index < -0.39 is 41.5 Å². The van der Waals surface area contributed by atoms with Crippen LogP contribution in [0.25, 0.3) is 0 Å². The van der Waals surface area contributed by atoms with Crippen LogP contribution in [0.2, 0.25) is 5.02 Å². The molecule has 2 saturated heterocycles. The topological polar surface area (TPSA) is 138 Å². The van der Waals surface area contributed by atoms with Crippen molar-refractivity contribution in [1.29, 1.82) is 0 Å². The Morgan fingerprint density at radius 2 is 1.67 bits per heavy atom. The van der Waals surface area contributed by atoms with Crippen LogP contribution in [-0.2, 0) is 38.1 Å². The van der Waals surface area contributed by atoms with E-state index in [1.165, 1.54) is 15.9 Å². The van der Waals surface area contributed by atoms with Crippen molar-refractivity contribution in [2.24, 2.45) is 0 Å². The minimum atomic E-state index is -4.81. The summed E-state index contributed by atoms with van der Waals surface area (Å²) in [5, 5.41) is 2.83. The zero-order valence-electron chi connectivity index (χ0n) is 32.9. The highest BCUT2D eigenvalue weighted by molar-refractivity contribution is 6.33. The fraction of sp³-hybridized carbons (Fsp3) is 0.476. The number of para-hydroxylation sites is 1. The standard InChI is InChI=1S/C42H52ClF3N6O6/c1-3-4-7-24-57-40(55)31-10-12-32(13-11-31)49-20-22-50(23-21-49)39(54)37(27-29-25-34(42(44,45)46)38(47)35(43)26-29)58-41(56)51-18-15-33(16-19-51)52(28-53)17-14-30-8-5-6-9-36(30)48-2/h5-6,8-13,25-26,28,33,37,48H,3-4,7,14-24,27,47H2,1-2H3/t37-/m1/s1. The molecule has 16 heteroatoms. The van der Waals surface area contributed by atoms with Crippen molar-refractivity contribution in [3.8, 4) is 0 Å². The first kappa shape index (κ1) is 43.9. The number of hydrogen-bond donors (Lipinski definition) is 2. The van der Waals surface area contributed by atoms with Gasteiger partial charge in [-0.3, -0.25) is 9.59 Å². The highest BCUT2D eigenvalue weighted by Crippen LogP contribution is 2.38. The molecule has 2 fully saturated rings. The number of likely N-dealkylation sites (tertiary alicyclic amines) is 1. The molecule has 12 nitrogen and oxygen atoms in total. The number of piperidine rings is 1. The Kier molecular flexibility index (Phi) is 15.5. The number of rotatable bonds is 16. The summed E-state index contributed by atoms with van der Waals surface area (Å²) in [5.41, 5.74) is 7.25. The van der Waals surface area contributed by atoms with Crippen LogP contribution in [0.1, 0.15) is 66.1 Å². The van der Waals surface area contributed by atoms with E-state index in [9.17, 15) is 32.3 Å². The number of anilines is 3. The predicted molar refractivity (Wildman–Crippen MR) is 217 cm³/mol. The van der Waals surface area contributed by atoms with Crippen molar-refractivity contribution in [3.05, 3.63) is 87.9 Å². The molecule has 0 aliphatic carbocycles. The number of nitrogens with zero attached hydrogens (tertiary/aromatic N) is 4. The van der Waals surface area contributed by atoms with Crippen LogP contribution in [0, 0.1) is 0 Å². The number of hydrogen-bond acceptors (Lipinski definition) is 9. The fourth-order valence-electron chi connectivity index (χ4n) is 7.35. The van der Waals surface area contributed by atoms with Gasteiger partial charge >= 0.3 is 18.2 Å². The monoisotopic (exact) mass is 828 g/mol. The van der Waals surface area contributed by atoms with E-state index in [2.05, 4.69) is 12.2 Å². The number of nitrogens with one attached hydrogen (secondary N) is 1. The van der Waals surface area contributed by atoms with Crippen LogP contribution in [0.3, 0.4) is 0 Å². The van der Waals surface area contributed by atoms with E-state index in [4.69, 9.17) is 26.8 Å². The summed E-state index contributed by atoms with van der Waals surface area (Å²) in [6.45, 7) is 4.76. The van der Waals surface area contributed by atoms with Gasteiger partial charge in [-0.05, 0) is 79.3 Å². The largest absolute Gasteiger partial charge is 0.462 e. The number of amides is 3. The summed E-state index contributed by atoms with van der Waals surface area (Å²) in [7, 11) is 1.84. The van der Waals surface area contributed by atoms with Gasteiger partial charge in [0.25, 0.3) is 5.91 Å². The number of carbonyl (C=O) groups excluding carboxylic acids is 4. The first-order valence-corrected chi connectivity index (χ1v) is 20.1. The molecule has 0 radical (unpaired) electrons. The Morgan fingerprint density at radius 3 is 2.31 bits per heavy atom. The van der Waals surface area contributed by atoms with Gasteiger partial charge in [0.05, 0.1) is 28.4 Å². The van der Waals surface area contributed by atoms with Gasteiger partial charge in [-0.15, -0.1) is 0 Å². The number of nitrogens with two attached hydrogens (primary N) is 1. The van der Waals surface area contributed by atoms with Crippen molar-refractivity contribution in [2.75, 3.05) is 75.4 Å². The van der Waals surface area contributed by atoms with Crippen molar-refractivity contribution < 1.29 is 41.8 Å². The van der Waals surface area contributed by atoms with Crippen LogP contribution in [0.4, 0.5) is 35.0 Å². The molecule has 3 N–H and O–H groups in total. The van der Waals surface area contributed by atoms with Crippen molar-refractivity contribution in [3.63, 3.8) is 0 Å². The second kappa shape index (κ2) is 20.5. The van der Waals surface area contributed by atoms with Gasteiger partial charge in [0.1, 0.15) is 0 Å². The number of alkyl halides is 3. The lowest BCUT2D eigenvalue weighted by atomic mass is 10.0. The average molecular weight is 829 g/mol. The second-order valence-electron chi connectivity index (χ2n) is 14.5. The van der Waals surface area contributed by atoms with Gasteiger partial charge in [-0.25, -0.2) is 9.59 Å². The molecule has 3 aromatic rings. The number of esters is 1. The summed E-state index contributed by atoms with van der Waals surface area (Å²) in [6.07, 6.45) is -2.18. The highest BCUT2D eigenvalue weighted by Gasteiger charge is 2.37. The molecule has 0 aromatic heterocycles. The van der Waals surface area contributed by atoms with Gasteiger partial charge in [-0.2, -0.15) is 13.2 Å². The molecule has 2 aliphatic heterocycles. The number of halogens is 4. The van der Waals surface area contributed by atoms with Crippen molar-refractivity contribution in [2.45, 2.75) is 70.2 Å². The Labute approximate surface area is 342 Å². The van der Waals surface area contributed by atoms with Crippen LogP contribution in [0.15, 0.2) is 60.7 Å². The molecule has 1 atom stereocenters. The van der Waals surface area contributed by atoms with Crippen LogP contribution >= 0.6 is 11.6 Å².